The average molecular weight is 297 g/mol. The van der Waals surface area contributed by atoms with Crippen molar-refractivity contribution in [1.29, 1.82) is 0 Å². The van der Waals surface area contributed by atoms with Crippen LogP contribution in [0.5, 0.6) is 0 Å². The summed E-state index contributed by atoms with van der Waals surface area (Å²) < 4.78 is 0.384. The lowest BCUT2D eigenvalue weighted by Crippen LogP contribution is -2.61. The second-order valence-electron chi connectivity index (χ2n) is 6.78. The molecule has 0 saturated carbocycles. The molecule has 4 atom stereocenters. The van der Waals surface area contributed by atoms with Gasteiger partial charge in [0, 0.05) is 18.5 Å². The SMILES string of the molecule is C[C@H]1CC(=O)[C@H]2CC3(C[C@H]4CC[C@H]1N42)SCCCS3. The highest BCUT2D eigenvalue weighted by Gasteiger charge is 2.55. The lowest BCUT2D eigenvalue weighted by molar-refractivity contribution is -0.133. The van der Waals surface area contributed by atoms with E-state index < -0.39 is 0 Å². The molecule has 4 aliphatic heterocycles. The molecule has 0 aromatic carbocycles. The fourth-order valence-electron chi connectivity index (χ4n) is 4.77. The quantitative estimate of drug-likeness (QED) is 0.684. The number of nitrogens with zero attached hydrogens (tertiary/aromatic N) is 1. The van der Waals surface area contributed by atoms with Crippen LogP contribution in [0.1, 0.15) is 45.4 Å². The van der Waals surface area contributed by atoms with Crippen LogP contribution >= 0.6 is 23.5 Å². The minimum absolute atomic E-state index is 0.264. The van der Waals surface area contributed by atoms with Crippen LogP contribution in [0.2, 0.25) is 0 Å². The maximum atomic E-state index is 12.5. The van der Waals surface area contributed by atoms with Gasteiger partial charge in [0.05, 0.1) is 10.1 Å². The Morgan fingerprint density at radius 3 is 2.79 bits per heavy atom. The summed E-state index contributed by atoms with van der Waals surface area (Å²) in [6, 6.07) is 1.68. The van der Waals surface area contributed by atoms with Gasteiger partial charge in [0.1, 0.15) is 5.78 Å². The number of thioether (sulfide) groups is 2. The van der Waals surface area contributed by atoms with E-state index in [1.54, 1.807) is 0 Å². The third kappa shape index (κ3) is 2.01. The van der Waals surface area contributed by atoms with E-state index in [0.29, 0.717) is 27.9 Å². The van der Waals surface area contributed by atoms with Gasteiger partial charge in [-0.25, -0.2) is 0 Å². The number of Topliss-reactive ketones (excluding diaryl/α,β-unsaturated/α-hetero) is 1. The lowest BCUT2D eigenvalue weighted by atomic mass is 9.82. The number of hydrogen-bond acceptors (Lipinski definition) is 4. The Morgan fingerprint density at radius 2 is 2.00 bits per heavy atom. The molecular weight excluding hydrogens is 274 g/mol. The van der Waals surface area contributed by atoms with Crippen molar-refractivity contribution < 1.29 is 4.79 Å². The van der Waals surface area contributed by atoms with E-state index in [1.165, 1.54) is 37.2 Å². The lowest BCUT2D eigenvalue weighted by Gasteiger charge is -2.53. The smallest absolute Gasteiger partial charge is 0.150 e. The Kier molecular flexibility index (Phi) is 3.20. The Morgan fingerprint density at radius 1 is 1.21 bits per heavy atom. The summed E-state index contributed by atoms with van der Waals surface area (Å²) in [6.07, 6.45) is 7.31. The molecule has 1 spiro atoms. The maximum Gasteiger partial charge on any atom is 0.150 e. The first kappa shape index (κ1) is 13.0. The summed E-state index contributed by atoms with van der Waals surface area (Å²) in [5, 5.41) is 0. The molecule has 4 fully saturated rings. The van der Waals surface area contributed by atoms with Gasteiger partial charge in [-0.15, -0.1) is 23.5 Å². The van der Waals surface area contributed by atoms with Gasteiger partial charge < -0.3 is 0 Å². The Labute approximate surface area is 124 Å². The molecule has 0 amide bonds. The molecule has 106 valence electrons. The van der Waals surface area contributed by atoms with Crippen LogP contribution in [0.25, 0.3) is 0 Å². The van der Waals surface area contributed by atoms with Gasteiger partial charge in [-0.05, 0) is 49.5 Å². The molecule has 4 aliphatic rings. The third-order valence-corrected chi connectivity index (χ3v) is 8.99. The average Bonchev–Trinajstić information content (AvgIpc) is 2.81. The van der Waals surface area contributed by atoms with Crippen LogP contribution in [0, 0.1) is 5.92 Å². The summed E-state index contributed by atoms with van der Waals surface area (Å²) in [5.41, 5.74) is 0. The van der Waals surface area contributed by atoms with Crippen molar-refractivity contribution in [2.75, 3.05) is 11.5 Å². The van der Waals surface area contributed by atoms with Crippen LogP contribution in [-0.4, -0.2) is 44.4 Å². The van der Waals surface area contributed by atoms with Crippen molar-refractivity contribution in [3.8, 4) is 0 Å². The Balaban J connectivity index is 1.64. The zero-order valence-corrected chi connectivity index (χ0v) is 13.3. The van der Waals surface area contributed by atoms with Crippen molar-refractivity contribution >= 4 is 29.3 Å². The van der Waals surface area contributed by atoms with E-state index in [-0.39, 0.29) is 6.04 Å². The van der Waals surface area contributed by atoms with Gasteiger partial charge in [-0.3, -0.25) is 9.69 Å². The first-order valence-corrected chi connectivity index (χ1v) is 9.74. The van der Waals surface area contributed by atoms with Crippen LogP contribution in [-0.2, 0) is 4.79 Å². The molecule has 0 radical (unpaired) electrons. The van der Waals surface area contributed by atoms with Crippen LogP contribution in [0.3, 0.4) is 0 Å². The summed E-state index contributed by atoms with van der Waals surface area (Å²) in [4.78, 5) is 15.2. The molecule has 4 heterocycles. The summed E-state index contributed by atoms with van der Waals surface area (Å²) in [6.45, 7) is 2.29. The number of hydrogen-bond donors (Lipinski definition) is 0. The summed E-state index contributed by atoms with van der Waals surface area (Å²) in [5.74, 6) is 3.75. The van der Waals surface area contributed by atoms with Crippen LogP contribution in [0.4, 0.5) is 0 Å². The first-order chi connectivity index (χ1) is 9.19. The standard InChI is InChI=1S/C15H23NOS2/c1-10-7-14(17)13-9-15(18-5-2-6-19-15)8-11-3-4-12(10)16(11)13/h10-13H,2-9H2,1H3/t10-,11+,12+,13+/m0/s1. The molecule has 0 bridgehead atoms. The zero-order valence-electron chi connectivity index (χ0n) is 11.6. The normalized spacial score (nSPS) is 45.4. The molecular formula is C15H23NOS2. The molecule has 4 heteroatoms. The predicted octanol–water partition coefficient (Wildman–Crippen LogP) is 3.16. The topological polar surface area (TPSA) is 20.3 Å². The van der Waals surface area contributed by atoms with E-state index in [9.17, 15) is 4.79 Å². The van der Waals surface area contributed by atoms with Crippen LogP contribution < -0.4 is 0 Å². The Hall–Kier alpha value is 0.330. The molecule has 4 saturated heterocycles. The zero-order chi connectivity index (χ0) is 13.0. The third-order valence-electron chi connectivity index (χ3n) is 5.58. The van der Waals surface area contributed by atoms with Gasteiger partial charge in [-0.2, -0.15) is 0 Å². The highest BCUT2D eigenvalue weighted by molar-refractivity contribution is 8.18. The summed E-state index contributed by atoms with van der Waals surface area (Å²) >= 11 is 4.33. The summed E-state index contributed by atoms with van der Waals surface area (Å²) in [7, 11) is 0. The monoisotopic (exact) mass is 297 g/mol. The van der Waals surface area contributed by atoms with Gasteiger partial charge in [-0.1, -0.05) is 6.92 Å². The molecule has 19 heavy (non-hydrogen) atoms. The molecule has 4 rings (SSSR count). The van der Waals surface area contributed by atoms with E-state index >= 15 is 0 Å². The minimum atomic E-state index is 0.264. The van der Waals surface area contributed by atoms with Crippen molar-refractivity contribution in [3.05, 3.63) is 0 Å². The van der Waals surface area contributed by atoms with Crippen molar-refractivity contribution in [2.45, 2.75) is 67.7 Å². The highest BCUT2D eigenvalue weighted by atomic mass is 32.2. The van der Waals surface area contributed by atoms with Gasteiger partial charge in [0.2, 0.25) is 0 Å². The largest absolute Gasteiger partial charge is 0.298 e. The number of rotatable bonds is 0. The number of carbonyl (C=O) groups excluding carboxylic acids is 1. The molecule has 0 N–H and O–H groups in total. The minimum Gasteiger partial charge on any atom is -0.298 e. The second-order valence-corrected chi connectivity index (χ2v) is 9.99. The fourth-order valence-corrected chi connectivity index (χ4v) is 8.28. The molecule has 0 unspecified atom stereocenters. The van der Waals surface area contributed by atoms with Crippen molar-refractivity contribution in [2.24, 2.45) is 5.92 Å². The van der Waals surface area contributed by atoms with E-state index in [4.69, 9.17) is 0 Å². The molecule has 0 aliphatic carbocycles. The van der Waals surface area contributed by atoms with Gasteiger partial charge in [0.15, 0.2) is 0 Å². The molecule has 2 nitrogen and oxygen atoms in total. The highest BCUT2D eigenvalue weighted by Crippen LogP contribution is 2.56. The maximum absolute atomic E-state index is 12.5. The van der Waals surface area contributed by atoms with E-state index in [0.717, 1.165) is 12.8 Å². The number of ketones is 1. The van der Waals surface area contributed by atoms with Gasteiger partial charge in [0.25, 0.3) is 0 Å². The fraction of sp³-hybridized carbons (Fsp3) is 0.933. The van der Waals surface area contributed by atoms with E-state index in [2.05, 4.69) is 35.3 Å². The number of carbonyl (C=O) groups is 1. The van der Waals surface area contributed by atoms with Gasteiger partial charge >= 0.3 is 0 Å². The first-order valence-electron chi connectivity index (χ1n) is 7.77. The number of piperidine rings is 2. The van der Waals surface area contributed by atoms with Crippen LogP contribution in [0.15, 0.2) is 0 Å². The molecule has 0 aromatic rings. The van der Waals surface area contributed by atoms with E-state index in [1.807, 2.05) is 0 Å². The Bertz CT molecular complexity index is 394. The second kappa shape index (κ2) is 4.67. The predicted molar refractivity (Wildman–Crippen MR) is 82.7 cm³/mol. The van der Waals surface area contributed by atoms with Crippen molar-refractivity contribution in [1.82, 2.24) is 4.90 Å². The van der Waals surface area contributed by atoms with Crippen molar-refractivity contribution in [3.63, 3.8) is 0 Å². The molecule has 0 aromatic heterocycles.